The van der Waals surface area contributed by atoms with Gasteiger partial charge in [0.25, 0.3) is 0 Å². The molecule has 84 valence electrons. The lowest BCUT2D eigenvalue weighted by Gasteiger charge is -2.53. The van der Waals surface area contributed by atoms with Crippen LogP contribution in [-0.4, -0.2) is 5.91 Å². The van der Waals surface area contributed by atoms with Crippen LogP contribution in [0, 0.1) is 22.7 Å². The highest BCUT2D eigenvalue weighted by molar-refractivity contribution is 5.78. The molecule has 0 aromatic rings. The number of nitrogens with two attached hydrogens (primary N) is 1. The van der Waals surface area contributed by atoms with Gasteiger partial charge < -0.3 is 5.73 Å². The number of primary amides is 1. The number of allylic oxidation sites excluding steroid dienone is 2. The summed E-state index contributed by atoms with van der Waals surface area (Å²) in [7, 11) is 0. The molecule has 0 saturated heterocycles. The van der Waals surface area contributed by atoms with Gasteiger partial charge in [-0.3, -0.25) is 4.79 Å². The van der Waals surface area contributed by atoms with Gasteiger partial charge >= 0.3 is 0 Å². The van der Waals surface area contributed by atoms with Crippen LogP contribution < -0.4 is 5.73 Å². The molecule has 2 bridgehead atoms. The number of rotatable bonds is 2. The standard InChI is InChI=1S/C13H21NO/c1-9(2)13-6-4-12(3,5-7-13)8-10(13)11(14)15/h4,6,9-10H,5,7-8H2,1-3H3,(H2,14,15). The molecule has 15 heavy (non-hydrogen) atoms. The van der Waals surface area contributed by atoms with E-state index < -0.39 is 0 Å². The number of hydrogen-bond donors (Lipinski definition) is 1. The average molecular weight is 207 g/mol. The molecule has 0 spiro atoms. The number of hydrogen-bond acceptors (Lipinski definition) is 1. The molecule has 3 unspecified atom stereocenters. The first kappa shape index (κ1) is 10.7. The van der Waals surface area contributed by atoms with Crippen LogP contribution >= 0.6 is 0 Å². The van der Waals surface area contributed by atoms with Gasteiger partial charge in [0.05, 0.1) is 0 Å². The van der Waals surface area contributed by atoms with Crippen molar-refractivity contribution in [3.05, 3.63) is 12.2 Å². The van der Waals surface area contributed by atoms with Gasteiger partial charge in [0.15, 0.2) is 0 Å². The van der Waals surface area contributed by atoms with Crippen LogP contribution in [0.25, 0.3) is 0 Å². The molecule has 1 fully saturated rings. The molecule has 2 N–H and O–H groups in total. The van der Waals surface area contributed by atoms with Gasteiger partial charge in [-0.25, -0.2) is 0 Å². The van der Waals surface area contributed by atoms with Gasteiger partial charge in [-0.05, 0) is 30.6 Å². The molecule has 3 aliphatic carbocycles. The van der Waals surface area contributed by atoms with E-state index >= 15 is 0 Å². The zero-order chi connectivity index (χ0) is 11.3. The second-order valence-corrected chi connectivity index (χ2v) is 5.91. The molecule has 2 nitrogen and oxygen atoms in total. The largest absolute Gasteiger partial charge is 0.369 e. The molecule has 2 heteroatoms. The predicted octanol–water partition coefficient (Wildman–Crippen LogP) is 2.49. The lowest BCUT2D eigenvalue weighted by molar-refractivity contribution is -0.131. The first-order chi connectivity index (χ1) is 6.90. The van der Waals surface area contributed by atoms with E-state index in [4.69, 9.17) is 5.73 Å². The molecule has 0 radical (unpaired) electrons. The van der Waals surface area contributed by atoms with Crippen molar-refractivity contribution in [2.45, 2.75) is 40.0 Å². The van der Waals surface area contributed by atoms with Crippen molar-refractivity contribution in [2.24, 2.45) is 28.4 Å². The fourth-order valence-electron chi connectivity index (χ4n) is 3.39. The number of carbonyl (C=O) groups excluding carboxylic acids is 1. The summed E-state index contributed by atoms with van der Waals surface area (Å²) in [4.78, 5) is 11.6. The topological polar surface area (TPSA) is 43.1 Å². The summed E-state index contributed by atoms with van der Waals surface area (Å²) < 4.78 is 0. The zero-order valence-electron chi connectivity index (χ0n) is 9.92. The Kier molecular flexibility index (Phi) is 2.21. The van der Waals surface area contributed by atoms with Gasteiger partial charge in [0.2, 0.25) is 5.91 Å². The minimum atomic E-state index is -0.112. The second-order valence-electron chi connectivity index (χ2n) is 5.91. The van der Waals surface area contributed by atoms with E-state index in [1.54, 1.807) is 0 Å². The number of amides is 1. The normalized spacial score (nSPS) is 43.6. The minimum absolute atomic E-state index is 0.0428. The van der Waals surface area contributed by atoms with Crippen LogP contribution in [0.5, 0.6) is 0 Å². The molecule has 3 rings (SSSR count). The van der Waals surface area contributed by atoms with Gasteiger partial charge in [-0.2, -0.15) is 0 Å². The summed E-state index contributed by atoms with van der Waals surface area (Å²) in [6, 6.07) is 0. The Morgan fingerprint density at radius 1 is 1.40 bits per heavy atom. The number of carbonyl (C=O) groups is 1. The highest BCUT2D eigenvalue weighted by Gasteiger charge is 2.52. The molecule has 0 aliphatic heterocycles. The highest BCUT2D eigenvalue weighted by atomic mass is 16.1. The van der Waals surface area contributed by atoms with Crippen LogP contribution in [0.3, 0.4) is 0 Å². The maximum Gasteiger partial charge on any atom is 0.221 e. The van der Waals surface area contributed by atoms with Gasteiger partial charge in [0.1, 0.15) is 0 Å². The Morgan fingerprint density at radius 3 is 2.47 bits per heavy atom. The van der Waals surface area contributed by atoms with E-state index in [1.807, 2.05) is 0 Å². The Hall–Kier alpha value is -0.790. The third kappa shape index (κ3) is 1.42. The van der Waals surface area contributed by atoms with E-state index in [9.17, 15) is 4.79 Å². The quantitative estimate of drug-likeness (QED) is 0.695. The van der Waals surface area contributed by atoms with Gasteiger partial charge in [-0.15, -0.1) is 0 Å². The summed E-state index contributed by atoms with van der Waals surface area (Å²) in [5.74, 6) is 0.427. The Labute approximate surface area is 91.9 Å². The number of fused-ring (bicyclic) bond motifs is 2. The van der Waals surface area contributed by atoms with Crippen molar-refractivity contribution in [1.29, 1.82) is 0 Å². The zero-order valence-corrected chi connectivity index (χ0v) is 9.92. The predicted molar refractivity (Wildman–Crippen MR) is 61.1 cm³/mol. The van der Waals surface area contributed by atoms with Crippen molar-refractivity contribution in [2.75, 3.05) is 0 Å². The van der Waals surface area contributed by atoms with Crippen molar-refractivity contribution < 1.29 is 4.79 Å². The molecule has 3 atom stereocenters. The molecule has 1 saturated carbocycles. The average Bonchev–Trinajstić information content (AvgIpc) is 2.17. The van der Waals surface area contributed by atoms with Gasteiger partial charge in [0, 0.05) is 11.3 Å². The van der Waals surface area contributed by atoms with E-state index in [0.29, 0.717) is 5.92 Å². The maximum absolute atomic E-state index is 11.6. The van der Waals surface area contributed by atoms with E-state index in [2.05, 4.69) is 32.9 Å². The van der Waals surface area contributed by atoms with Crippen molar-refractivity contribution >= 4 is 5.91 Å². The Balaban J connectivity index is 2.43. The summed E-state index contributed by atoms with van der Waals surface area (Å²) >= 11 is 0. The molecule has 1 amide bonds. The SMILES string of the molecule is CC(C)C12C=CC(C)(CC1)CC2C(N)=O. The molecule has 0 aromatic carbocycles. The van der Waals surface area contributed by atoms with Crippen LogP contribution in [0.2, 0.25) is 0 Å². The summed E-state index contributed by atoms with van der Waals surface area (Å²) in [6.07, 6.45) is 7.85. The molecule has 3 aliphatic rings. The molecule has 0 heterocycles. The van der Waals surface area contributed by atoms with Crippen LogP contribution in [0.1, 0.15) is 40.0 Å². The maximum atomic E-state index is 11.6. The summed E-state index contributed by atoms with van der Waals surface area (Å²) in [6.45, 7) is 6.64. The molecular formula is C13H21NO. The fraction of sp³-hybridized carbons (Fsp3) is 0.769. The van der Waals surface area contributed by atoms with Gasteiger partial charge in [-0.1, -0.05) is 32.9 Å². The first-order valence-corrected chi connectivity index (χ1v) is 5.89. The van der Waals surface area contributed by atoms with Crippen molar-refractivity contribution in [3.8, 4) is 0 Å². The summed E-state index contributed by atoms with van der Waals surface area (Å²) in [5.41, 5.74) is 5.83. The summed E-state index contributed by atoms with van der Waals surface area (Å²) in [5, 5.41) is 0. The van der Waals surface area contributed by atoms with Crippen molar-refractivity contribution in [1.82, 2.24) is 0 Å². The third-order valence-corrected chi connectivity index (χ3v) is 4.66. The third-order valence-electron chi connectivity index (χ3n) is 4.66. The van der Waals surface area contributed by atoms with E-state index in [-0.39, 0.29) is 22.7 Å². The Bertz CT molecular complexity index is 320. The fourth-order valence-corrected chi connectivity index (χ4v) is 3.39. The second kappa shape index (κ2) is 3.10. The minimum Gasteiger partial charge on any atom is -0.369 e. The smallest absolute Gasteiger partial charge is 0.221 e. The van der Waals surface area contributed by atoms with E-state index in [0.717, 1.165) is 12.8 Å². The van der Waals surface area contributed by atoms with Crippen molar-refractivity contribution in [3.63, 3.8) is 0 Å². The monoisotopic (exact) mass is 207 g/mol. The van der Waals surface area contributed by atoms with Crippen LogP contribution in [-0.2, 0) is 4.79 Å². The molecular weight excluding hydrogens is 186 g/mol. The lowest BCUT2D eigenvalue weighted by Crippen LogP contribution is -2.51. The lowest BCUT2D eigenvalue weighted by atomic mass is 9.50. The Morgan fingerprint density at radius 2 is 2.07 bits per heavy atom. The first-order valence-electron chi connectivity index (χ1n) is 5.89. The highest BCUT2D eigenvalue weighted by Crippen LogP contribution is 2.58. The van der Waals surface area contributed by atoms with Crippen LogP contribution in [0.15, 0.2) is 12.2 Å². The van der Waals surface area contributed by atoms with E-state index in [1.165, 1.54) is 6.42 Å². The molecule has 0 aromatic heterocycles. The van der Waals surface area contributed by atoms with Crippen LogP contribution in [0.4, 0.5) is 0 Å².